The van der Waals surface area contributed by atoms with Crippen molar-refractivity contribution in [3.05, 3.63) is 117 Å². The highest BCUT2D eigenvalue weighted by atomic mass is 35.5. The summed E-state index contributed by atoms with van der Waals surface area (Å²) in [6.07, 6.45) is 1.78. The standard InChI is InChI=1S/C35H34Cl2N6O7/c1-20-32(34(46)49-3)33(40-35(47)38-20)23-8-13-29(30(16-23)48-2)50-19-26-18-43(42-41-26)15-14-31(45)39-27(21-4-9-24(36)10-5-21)17-28(44)22-6-11-25(37)12-7-22/h4-13,16,18,27,33H,14-15,17,19H2,1-3H3,(H,39,45)(H2,38,40,47). The van der Waals surface area contributed by atoms with E-state index in [2.05, 4.69) is 26.3 Å². The lowest BCUT2D eigenvalue weighted by atomic mass is 9.95. The number of aromatic nitrogens is 3. The van der Waals surface area contributed by atoms with Crippen molar-refractivity contribution < 1.29 is 33.4 Å². The summed E-state index contributed by atoms with van der Waals surface area (Å²) in [5, 5.41) is 17.6. The summed E-state index contributed by atoms with van der Waals surface area (Å²) in [5.41, 5.74) is 2.96. The van der Waals surface area contributed by atoms with Crippen molar-refractivity contribution in [2.45, 2.75) is 45.0 Å². The molecule has 0 spiro atoms. The SMILES string of the molecule is COC(=O)C1=C(C)NC(=O)NC1c1ccc(OCc2cn(CCC(=O)NC(CC(=O)c3ccc(Cl)cc3)c3ccc(Cl)cc3)nn2)c(OC)c1. The lowest BCUT2D eigenvalue weighted by molar-refractivity contribution is -0.136. The van der Waals surface area contributed by atoms with E-state index < -0.39 is 24.1 Å². The minimum Gasteiger partial charge on any atom is -0.493 e. The number of benzene rings is 3. The molecule has 3 aromatic carbocycles. The van der Waals surface area contributed by atoms with Crippen LogP contribution in [0.4, 0.5) is 4.79 Å². The summed E-state index contributed by atoms with van der Waals surface area (Å²) in [7, 11) is 2.74. The van der Waals surface area contributed by atoms with Crippen LogP contribution in [-0.4, -0.2) is 52.9 Å². The average Bonchev–Trinajstić information content (AvgIpc) is 3.57. The van der Waals surface area contributed by atoms with E-state index in [0.29, 0.717) is 44.1 Å². The van der Waals surface area contributed by atoms with Gasteiger partial charge in [-0.25, -0.2) is 9.59 Å². The summed E-state index contributed by atoms with van der Waals surface area (Å²) >= 11 is 12.0. The van der Waals surface area contributed by atoms with Gasteiger partial charge in [0.2, 0.25) is 5.91 Å². The molecule has 0 radical (unpaired) electrons. The molecule has 5 rings (SSSR count). The highest BCUT2D eigenvalue weighted by Gasteiger charge is 2.32. The summed E-state index contributed by atoms with van der Waals surface area (Å²) in [6.45, 7) is 1.90. The number of halogens is 2. The van der Waals surface area contributed by atoms with Crippen LogP contribution in [0.2, 0.25) is 10.0 Å². The van der Waals surface area contributed by atoms with Crippen molar-refractivity contribution in [1.29, 1.82) is 0 Å². The molecule has 0 saturated heterocycles. The molecule has 3 amide bonds. The van der Waals surface area contributed by atoms with E-state index in [1.807, 2.05) is 0 Å². The maximum Gasteiger partial charge on any atom is 0.337 e. The first kappa shape index (κ1) is 35.9. The first-order valence-electron chi connectivity index (χ1n) is 15.4. The minimum atomic E-state index is -0.762. The van der Waals surface area contributed by atoms with E-state index in [4.69, 9.17) is 37.4 Å². The third-order valence-corrected chi connectivity index (χ3v) is 8.39. The fraction of sp³-hybridized carbons (Fsp3) is 0.257. The van der Waals surface area contributed by atoms with Crippen LogP contribution in [0.5, 0.6) is 11.5 Å². The van der Waals surface area contributed by atoms with Crippen LogP contribution < -0.4 is 25.4 Å². The van der Waals surface area contributed by atoms with E-state index >= 15 is 0 Å². The molecule has 2 unspecified atom stereocenters. The Morgan fingerprint density at radius 1 is 0.980 bits per heavy atom. The second-order valence-electron chi connectivity index (χ2n) is 11.3. The molecule has 260 valence electrons. The Balaban J connectivity index is 1.19. The van der Waals surface area contributed by atoms with Crippen molar-refractivity contribution in [2.75, 3.05) is 14.2 Å². The fourth-order valence-electron chi connectivity index (χ4n) is 5.34. The molecule has 2 heterocycles. The zero-order chi connectivity index (χ0) is 35.8. The number of rotatable bonds is 14. The van der Waals surface area contributed by atoms with E-state index in [0.717, 1.165) is 5.56 Å². The topological polar surface area (TPSA) is 163 Å². The number of hydrogen-bond donors (Lipinski definition) is 3. The van der Waals surface area contributed by atoms with Gasteiger partial charge in [0.05, 0.1) is 44.6 Å². The van der Waals surface area contributed by atoms with Gasteiger partial charge in [-0.1, -0.05) is 46.6 Å². The smallest absolute Gasteiger partial charge is 0.337 e. The predicted molar refractivity (Wildman–Crippen MR) is 184 cm³/mol. The van der Waals surface area contributed by atoms with Gasteiger partial charge in [0.15, 0.2) is 17.3 Å². The largest absolute Gasteiger partial charge is 0.493 e. The summed E-state index contributed by atoms with van der Waals surface area (Å²) < 4.78 is 17.9. The van der Waals surface area contributed by atoms with Gasteiger partial charge in [-0.05, 0) is 66.6 Å². The van der Waals surface area contributed by atoms with Crippen molar-refractivity contribution >= 4 is 46.9 Å². The van der Waals surface area contributed by atoms with E-state index in [-0.39, 0.29) is 43.3 Å². The number of amides is 3. The van der Waals surface area contributed by atoms with Crippen LogP contribution in [0, 0.1) is 0 Å². The molecule has 50 heavy (non-hydrogen) atoms. The molecule has 3 N–H and O–H groups in total. The number of methoxy groups -OCH3 is 2. The Kier molecular flexibility index (Phi) is 11.7. The zero-order valence-electron chi connectivity index (χ0n) is 27.4. The van der Waals surface area contributed by atoms with Crippen LogP contribution in [0.1, 0.15) is 59.0 Å². The molecule has 1 aromatic heterocycles. The highest BCUT2D eigenvalue weighted by molar-refractivity contribution is 6.30. The number of nitrogens with zero attached hydrogens (tertiary/aromatic N) is 3. The fourth-order valence-corrected chi connectivity index (χ4v) is 5.59. The number of allylic oxidation sites excluding steroid dienone is 1. The molecule has 1 aliphatic heterocycles. The summed E-state index contributed by atoms with van der Waals surface area (Å²) in [4.78, 5) is 50.7. The van der Waals surface area contributed by atoms with Gasteiger partial charge in [-0.15, -0.1) is 5.10 Å². The predicted octanol–water partition coefficient (Wildman–Crippen LogP) is 5.49. The lowest BCUT2D eigenvalue weighted by Gasteiger charge is -2.28. The van der Waals surface area contributed by atoms with E-state index in [9.17, 15) is 19.2 Å². The maximum atomic E-state index is 13.0. The summed E-state index contributed by atoms with van der Waals surface area (Å²) in [5.74, 6) is -0.244. The molecule has 0 aliphatic carbocycles. The normalized spacial score (nSPS) is 14.7. The zero-order valence-corrected chi connectivity index (χ0v) is 28.9. The molecule has 0 bridgehead atoms. The van der Waals surface area contributed by atoms with Gasteiger partial charge >= 0.3 is 12.0 Å². The molecular formula is C35H34Cl2N6O7. The highest BCUT2D eigenvalue weighted by Crippen LogP contribution is 2.35. The van der Waals surface area contributed by atoms with Gasteiger partial charge in [0, 0.05) is 34.1 Å². The second kappa shape index (κ2) is 16.3. The number of Topliss-reactive ketones (excluding diaryl/α,β-unsaturated/α-hetero) is 1. The van der Waals surface area contributed by atoms with Gasteiger partial charge in [0.25, 0.3) is 0 Å². The Hall–Kier alpha value is -5.40. The van der Waals surface area contributed by atoms with Crippen molar-refractivity contribution in [3.8, 4) is 11.5 Å². The molecule has 4 aromatic rings. The van der Waals surface area contributed by atoms with Crippen LogP contribution in [-0.2, 0) is 27.5 Å². The number of ether oxygens (including phenoxy) is 3. The number of carbonyl (C=O) groups is 4. The third-order valence-electron chi connectivity index (χ3n) is 7.89. The Morgan fingerprint density at radius 3 is 2.36 bits per heavy atom. The number of hydrogen-bond acceptors (Lipinski definition) is 9. The summed E-state index contributed by atoms with van der Waals surface area (Å²) in [6, 6.07) is 16.8. The molecule has 2 atom stereocenters. The van der Waals surface area contributed by atoms with Crippen molar-refractivity contribution in [2.24, 2.45) is 0 Å². The van der Waals surface area contributed by atoms with Crippen molar-refractivity contribution in [1.82, 2.24) is 30.9 Å². The van der Waals surface area contributed by atoms with Crippen LogP contribution in [0.15, 0.2) is 84.2 Å². The number of esters is 1. The van der Waals surface area contributed by atoms with Crippen molar-refractivity contribution in [3.63, 3.8) is 0 Å². The van der Waals surface area contributed by atoms with Crippen LogP contribution in [0.3, 0.4) is 0 Å². The molecule has 1 aliphatic rings. The van der Waals surface area contributed by atoms with E-state index in [1.54, 1.807) is 79.9 Å². The molecule has 0 saturated carbocycles. The second-order valence-corrected chi connectivity index (χ2v) is 12.2. The van der Waals surface area contributed by atoms with Crippen LogP contribution in [0.25, 0.3) is 0 Å². The van der Waals surface area contributed by atoms with E-state index in [1.165, 1.54) is 18.9 Å². The number of aryl methyl sites for hydroxylation is 1. The molecular weight excluding hydrogens is 687 g/mol. The van der Waals surface area contributed by atoms with Gasteiger partial charge in [-0.3, -0.25) is 14.3 Å². The molecule has 15 heteroatoms. The monoisotopic (exact) mass is 720 g/mol. The number of ketones is 1. The first-order valence-corrected chi connectivity index (χ1v) is 16.2. The molecule has 0 fully saturated rings. The first-order chi connectivity index (χ1) is 24.0. The Bertz CT molecular complexity index is 1910. The average molecular weight is 722 g/mol. The Labute approximate surface area is 297 Å². The quantitative estimate of drug-likeness (QED) is 0.113. The number of urea groups is 1. The van der Waals surface area contributed by atoms with Gasteiger partial charge < -0.3 is 30.2 Å². The van der Waals surface area contributed by atoms with Gasteiger partial charge in [0.1, 0.15) is 12.3 Å². The number of nitrogens with one attached hydrogen (secondary N) is 3. The lowest BCUT2D eigenvalue weighted by Crippen LogP contribution is -2.45. The number of carbonyl (C=O) groups excluding carboxylic acids is 4. The van der Waals surface area contributed by atoms with Gasteiger partial charge in [-0.2, -0.15) is 0 Å². The minimum absolute atomic E-state index is 0.0412. The molecule has 13 nitrogen and oxygen atoms in total. The maximum absolute atomic E-state index is 13.0. The Morgan fingerprint density at radius 2 is 1.68 bits per heavy atom. The van der Waals surface area contributed by atoms with Crippen LogP contribution >= 0.6 is 23.2 Å². The third kappa shape index (κ3) is 8.98.